The van der Waals surface area contributed by atoms with Crippen molar-refractivity contribution in [1.82, 2.24) is 0 Å². The Bertz CT molecular complexity index is 233. The summed E-state index contributed by atoms with van der Waals surface area (Å²) >= 11 is 18.7. The van der Waals surface area contributed by atoms with E-state index in [0.717, 1.165) is 0 Å². The summed E-state index contributed by atoms with van der Waals surface area (Å²) in [5.41, 5.74) is 0. The van der Waals surface area contributed by atoms with Crippen molar-refractivity contribution in [2.75, 3.05) is 23.5 Å². The summed E-state index contributed by atoms with van der Waals surface area (Å²) in [5, 5.41) is 36.5. The number of halogens is 4. The monoisotopic (exact) mass is 420 g/mol. The van der Waals surface area contributed by atoms with Crippen molar-refractivity contribution < 1.29 is 61.3 Å². The zero-order valence-electron chi connectivity index (χ0n) is 10.1. The standard InChI is InChI=1S/4C2H3ClO2.Ti/c4*3-1-2(4)5;/h4*1H2,(H,4,5);/q;;;;+4/p-4. The molecule has 0 aromatic heterocycles. The van der Waals surface area contributed by atoms with Gasteiger partial charge in [-0.15, -0.1) is 46.4 Å². The Morgan fingerprint density at radius 1 is 0.524 bits per heavy atom. The quantitative estimate of drug-likeness (QED) is 0.327. The molecular formula is C8H8Cl4O8Ti. The van der Waals surface area contributed by atoms with Crippen LogP contribution >= 0.6 is 46.4 Å². The van der Waals surface area contributed by atoms with E-state index in [4.69, 9.17) is 39.6 Å². The first kappa shape index (κ1) is 32.6. The van der Waals surface area contributed by atoms with E-state index in [2.05, 4.69) is 46.4 Å². The minimum atomic E-state index is -1.23. The van der Waals surface area contributed by atoms with Crippen molar-refractivity contribution in [2.45, 2.75) is 0 Å². The van der Waals surface area contributed by atoms with Gasteiger partial charge in [-0.25, -0.2) is 0 Å². The van der Waals surface area contributed by atoms with Gasteiger partial charge < -0.3 is 39.6 Å². The molecule has 0 aromatic rings. The van der Waals surface area contributed by atoms with Gasteiger partial charge in [0.25, 0.3) is 0 Å². The number of carboxylic acid groups (broad SMARTS) is 4. The molecule has 13 heteroatoms. The first-order valence-electron chi connectivity index (χ1n) is 4.12. The van der Waals surface area contributed by atoms with Crippen molar-refractivity contribution in [2.24, 2.45) is 0 Å². The summed E-state index contributed by atoms with van der Waals surface area (Å²) in [5.74, 6) is -6.59. The van der Waals surface area contributed by atoms with Crippen LogP contribution < -0.4 is 20.4 Å². The average molecular weight is 422 g/mol. The summed E-state index contributed by atoms with van der Waals surface area (Å²) in [6, 6.07) is 0. The van der Waals surface area contributed by atoms with Crippen molar-refractivity contribution in [3.8, 4) is 0 Å². The number of hydrogen-bond acceptors (Lipinski definition) is 8. The normalized spacial score (nSPS) is 7.05. The third-order valence-electron chi connectivity index (χ3n) is 0.436. The van der Waals surface area contributed by atoms with Crippen LogP contribution in [-0.2, 0) is 40.9 Å². The van der Waals surface area contributed by atoms with E-state index < -0.39 is 47.4 Å². The Morgan fingerprint density at radius 2 is 0.571 bits per heavy atom. The van der Waals surface area contributed by atoms with Gasteiger partial charge >= 0.3 is 21.7 Å². The number of carbonyl (C=O) groups is 4. The van der Waals surface area contributed by atoms with E-state index in [1.165, 1.54) is 0 Å². The van der Waals surface area contributed by atoms with E-state index in [-0.39, 0.29) is 21.7 Å². The van der Waals surface area contributed by atoms with Gasteiger partial charge in [-0.3, -0.25) is 0 Å². The maximum Gasteiger partial charge on any atom is 4.00 e. The molecule has 120 valence electrons. The van der Waals surface area contributed by atoms with Gasteiger partial charge in [0, 0.05) is 0 Å². The van der Waals surface area contributed by atoms with Gasteiger partial charge in [-0.1, -0.05) is 0 Å². The predicted molar refractivity (Wildman–Crippen MR) is 62.9 cm³/mol. The predicted octanol–water partition coefficient (Wildman–Crippen LogP) is -4.10. The first-order valence-corrected chi connectivity index (χ1v) is 6.25. The maximum absolute atomic E-state index is 9.12. The summed E-state index contributed by atoms with van der Waals surface area (Å²) < 4.78 is 0. The Morgan fingerprint density at radius 3 is 0.571 bits per heavy atom. The van der Waals surface area contributed by atoms with Crippen molar-refractivity contribution in [1.29, 1.82) is 0 Å². The molecule has 0 aromatic carbocycles. The average Bonchev–Trinajstić information content (AvgIpc) is 2.40. The number of alkyl halides is 4. The number of rotatable bonds is 4. The van der Waals surface area contributed by atoms with Gasteiger partial charge in [0.2, 0.25) is 0 Å². The summed E-state index contributed by atoms with van der Waals surface area (Å²) in [6.45, 7) is 0. The van der Waals surface area contributed by atoms with Gasteiger partial charge in [0.1, 0.15) is 0 Å². The molecule has 0 amide bonds. The number of carbonyl (C=O) groups excluding carboxylic acids is 4. The van der Waals surface area contributed by atoms with Crippen LogP contribution in [0.2, 0.25) is 0 Å². The van der Waals surface area contributed by atoms with Crippen LogP contribution in [0.15, 0.2) is 0 Å². The first-order chi connectivity index (χ1) is 9.08. The van der Waals surface area contributed by atoms with E-state index >= 15 is 0 Å². The molecule has 0 radical (unpaired) electrons. The van der Waals surface area contributed by atoms with Crippen molar-refractivity contribution >= 4 is 70.3 Å². The minimum absolute atomic E-state index is 0. The molecule has 0 rings (SSSR count). The van der Waals surface area contributed by atoms with Crippen LogP contribution in [0.25, 0.3) is 0 Å². The number of aliphatic carboxylic acids is 4. The Kier molecular flexibility index (Phi) is 43.5. The summed E-state index contributed by atoms with van der Waals surface area (Å²) in [6.07, 6.45) is 0. The second kappa shape index (κ2) is 28.0. The Labute approximate surface area is 154 Å². The third kappa shape index (κ3) is 104. The van der Waals surface area contributed by atoms with E-state index in [1.807, 2.05) is 0 Å². The van der Waals surface area contributed by atoms with Crippen LogP contribution in [-0.4, -0.2) is 47.4 Å². The number of hydrogen-bond donors (Lipinski definition) is 0. The maximum atomic E-state index is 9.12. The van der Waals surface area contributed by atoms with E-state index in [1.54, 1.807) is 0 Å². The van der Waals surface area contributed by atoms with Gasteiger partial charge in [-0.2, -0.15) is 0 Å². The molecule has 0 saturated carbocycles. The molecule has 8 nitrogen and oxygen atoms in total. The molecule has 0 aliphatic heterocycles. The van der Waals surface area contributed by atoms with Crippen LogP contribution in [0.1, 0.15) is 0 Å². The Balaban J connectivity index is -0.0000000533. The van der Waals surface area contributed by atoms with Crippen LogP contribution in [0, 0.1) is 0 Å². The molecular weight excluding hydrogens is 414 g/mol. The molecule has 0 aliphatic rings. The van der Waals surface area contributed by atoms with Crippen molar-refractivity contribution in [3.05, 3.63) is 0 Å². The van der Waals surface area contributed by atoms with E-state index in [9.17, 15) is 0 Å². The number of carboxylic acids is 4. The van der Waals surface area contributed by atoms with Gasteiger partial charge in [0.15, 0.2) is 0 Å². The molecule has 21 heavy (non-hydrogen) atoms. The second-order valence-corrected chi connectivity index (χ2v) is 3.09. The van der Waals surface area contributed by atoms with Gasteiger partial charge in [-0.05, 0) is 0 Å². The van der Waals surface area contributed by atoms with Crippen LogP contribution in [0.4, 0.5) is 0 Å². The van der Waals surface area contributed by atoms with Crippen LogP contribution in [0.3, 0.4) is 0 Å². The fourth-order valence-electron chi connectivity index (χ4n) is 0. The fraction of sp³-hybridized carbons (Fsp3) is 0.500. The smallest absolute Gasteiger partial charge is 0.549 e. The largest absolute Gasteiger partial charge is 4.00 e. The molecule has 0 bridgehead atoms. The molecule has 0 heterocycles. The topological polar surface area (TPSA) is 161 Å². The van der Waals surface area contributed by atoms with Gasteiger partial charge in [0.05, 0.1) is 47.4 Å². The zero-order valence-corrected chi connectivity index (χ0v) is 14.7. The fourth-order valence-corrected chi connectivity index (χ4v) is 0. The molecule has 0 spiro atoms. The van der Waals surface area contributed by atoms with Crippen LogP contribution in [0.5, 0.6) is 0 Å². The summed E-state index contributed by atoms with van der Waals surface area (Å²) in [4.78, 5) is 36.5. The third-order valence-corrected chi connectivity index (χ3v) is 1.31. The summed E-state index contributed by atoms with van der Waals surface area (Å²) in [7, 11) is 0. The zero-order chi connectivity index (χ0) is 17.1. The Hall–Kier alpha value is -0.246. The van der Waals surface area contributed by atoms with Crippen molar-refractivity contribution in [3.63, 3.8) is 0 Å². The molecule has 0 unspecified atom stereocenters. The van der Waals surface area contributed by atoms with E-state index in [0.29, 0.717) is 0 Å². The molecule has 0 fully saturated rings. The molecule has 0 saturated heterocycles. The molecule has 0 aliphatic carbocycles. The minimum Gasteiger partial charge on any atom is -0.549 e. The second-order valence-electron chi connectivity index (χ2n) is 2.02. The molecule has 0 N–H and O–H groups in total. The SMILES string of the molecule is O=C([O-])CCl.O=C([O-])CCl.O=C([O-])CCl.O=C([O-])CCl.[Ti+4]. The molecule has 0 atom stereocenters.